The summed E-state index contributed by atoms with van der Waals surface area (Å²) < 4.78 is 1.49. The number of hydrogen-bond acceptors (Lipinski definition) is 5. The highest BCUT2D eigenvalue weighted by molar-refractivity contribution is 7.09. The molecule has 0 aliphatic rings. The first kappa shape index (κ1) is 12.7. The number of hydrogen-bond donors (Lipinski definition) is 2. The van der Waals surface area contributed by atoms with Crippen LogP contribution in [0.5, 0.6) is 0 Å². The molecule has 3 N–H and O–H groups in total. The fourth-order valence-corrected chi connectivity index (χ4v) is 2.05. The Morgan fingerprint density at radius 2 is 2.50 bits per heavy atom. The van der Waals surface area contributed by atoms with E-state index in [1.54, 1.807) is 17.5 Å². The van der Waals surface area contributed by atoms with Gasteiger partial charge in [-0.3, -0.25) is 4.79 Å². The van der Waals surface area contributed by atoms with Crippen molar-refractivity contribution < 1.29 is 4.79 Å². The topological polar surface area (TPSA) is 85.8 Å². The Bertz CT molecular complexity index is 505. The molecule has 2 rings (SSSR count). The summed E-state index contributed by atoms with van der Waals surface area (Å²) in [5.74, 6) is -0.0930. The van der Waals surface area contributed by atoms with E-state index < -0.39 is 0 Å². The first-order valence-electron chi connectivity index (χ1n) is 5.60. The highest BCUT2D eigenvalue weighted by Gasteiger charge is 2.08. The number of rotatable bonds is 5. The molecule has 96 valence electrons. The van der Waals surface area contributed by atoms with Gasteiger partial charge in [-0.05, 0) is 18.4 Å². The second-order valence-electron chi connectivity index (χ2n) is 3.99. The van der Waals surface area contributed by atoms with Gasteiger partial charge < -0.3 is 11.1 Å². The molecule has 0 radical (unpaired) electrons. The molecule has 1 atom stereocenters. The Hall–Kier alpha value is -1.73. The van der Waals surface area contributed by atoms with Crippen molar-refractivity contribution in [2.75, 3.05) is 0 Å². The molecule has 2 heterocycles. The van der Waals surface area contributed by atoms with Crippen molar-refractivity contribution in [1.29, 1.82) is 0 Å². The van der Waals surface area contributed by atoms with Gasteiger partial charge in [-0.25, -0.2) is 4.68 Å². The first-order chi connectivity index (χ1) is 8.65. The lowest BCUT2D eigenvalue weighted by atomic mass is 10.3. The molecule has 2 aromatic heterocycles. The average molecular weight is 265 g/mol. The van der Waals surface area contributed by atoms with Gasteiger partial charge in [-0.2, -0.15) is 0 Å². The quantitative estimate of drug-likeness (QED) is 0.832. The van der Waals surface area contributed by atoms with E-state index in [0.29, 0.717) is 12.2 Å². The molecule has 1 amide bonds. The molecule has 0 bridgehead atoms. The predicted octanol–water partition coefficient (Wildman–Crippen LogP) is 0.676. The molecule has 0 aliphatic carbocycles. The van der Waals surface area contributed by atoms with Gasteiger partial charge in [0.05, 0.1) is 18.4 Å². The second-order valence-corrected chi connectivity index (χ2v) is 5.02. The molecule has 2 aromatic rings. The van der Waals surface area contributed by atoms with Crippen molar-refractivity contribution >= 4 is 17.2 Å². The van der Waals surface area contributed by atoms with Crippen LogP contribution in [-0.2, 0) is 17.9 Å². The standard InChI is InChI=1S/C11H15N5OS/c1-8(12)10-6-16(15-14-10)7-11(17)13-5-9-3-2-4-18-9/h2-4,6,8H,5,7,12H2,1H3,(H,13,17). The zero-order chi connectivity index (χ0) is 13.0. The Labute approximate surface area is 109 Å². The highest BCUT2D eigenvalue weighted by atomic mass is 32.1. The maximum atomic E-state index is 11.7. The molecular formula is C11H15N5OS. The normalized spacial score (nSPS) is 12.3. The number of nitrogens with one attached hydrogen (secondary N) is 1. The lowest BCUT2D eigenvalue weighted by molar-refractivity contribution is -0.122. The number of carbonyl (C=O) groups excluding carboxylic acids is 1. The molecule has 0 saturated heterocycles. The van der Waals surface area contributed by atoms with Gasteiger partial charge >= 0.3 is 0 Å². The summed E-state index contributed by atoms with van der Waals surface area (Å²) in [6.45, 7) is 2.53. The van der Waals surface area contributed by atoms with Crippen LogP contribution in [-0.4, -0.2) is 20.9 Å². The number of amides is 1. The Morgan fingerprint density at radius 3 is 3.11 bits per heavy atom. The zero-order valence-electron chi connectivity index (χ0n) is 10.0. The smallest absolute Gasteiger partial charge is 0.242 e. The van der Waals surface area contributed by atoms with E-state index in [1.165, 1.54) is 4.68 Å². The summed E-state index contributed by atoms with van der Waals surface area (Å²) in [6, 6.07) is 3.76. The summed E-state index contributed by atoms with van der Waals surface area (Å²) in [6.07, 6.45) is 1.69. The van der Waals surface area contributed by atoms with Crippen LogP contribution in [0.2, 0.25) is 0 Å². The average Bonchev–Trinajstić information content (AvgIpc) is 2.96. The van der Waals surface area contributed by atoms with Crippen LogP contribution < -0.4 is 11.1 Å². The minimum Gasteiger partial charge on any atom is -0.350 e. The third-order valence-electron chi connectivity index (χ3n) is 2.37. The van der Waals surface area contributed by atoms with E-state index in [-0.39, 0.29) is 18.5 Å². The second kappa shape index (κ2) is 5.74. The van der Waals surface area contributed by atoms with E-state index in [0.717, 1.165) is 4.88 Å². The van der Waals surface area contributed by atoms with Crippen LogP contribution in [0.15, 0.2) is 23.7 Å². The van der Waals surface area contributed by atoms with Crippen LogP contribution in [0, 0.1) is 0 Å². The minimum atomic E-state index is -0.173. The zero-order valence-corrected chi connectivity index (χ0v) is 10.9. The van der Waals surface area contributed by atoms with Crippen molar-refractivity contribution in [1.82, 2.24) is 20.3 Å². The monoisotopic (exact) mass is 265 g/mol. The van der Waals surface area contributed by atoms with Gasteiger partial charge in [0.1, 0.15) is 6.54 Å². The summed E-state index contributed by atoms with van der Waals surface area (Å²) in [5.41, 5.74) is 6.35. The highest BCUT2D eigenvalue weighted by Crippen LogP contribution is 2.07. The lowest BCUT2D eigenvalue weighted by Crippen LogP contribution is -2.27. The van der Waals surface area contributed by atoms with Crippen LogP contribution >= 0.6 is 11.3 Å². The number of nitrogens with zero attached hydrogens (tertiary/aromatic N) is 3. The molecule has 0 fully saturated rings. The van der Waals surface area contributed by atoms with Crippen molar-refractivity contribution in [3.05, 3.63) is 34.3 Å². The SMILES string of the molecule is CC(N)c1cn(CC(=O)NCc2cccs2)nn1. The van der Waals surface area contributed by atoms with E-state index >= 15 is 0 Å². The van der Waals surface area contributed by atoms with Crippen LogP contribution in [0.4, 0.5) is 0 Å². The molecule has 0 aliphatic heterocycles. The molecular weight excluding hydrogens is 250 g/mol. The van der Waals surface area contributed by atoms with E-state index in [9.17, 15) is 4.79 Å². The van der Waals surface area contributed by atoms with Crippen molar-refractivity contribution in [3.63, 3.8) is 0 Å². The number of carbonyl (C=O) groups is 1. The van der Waals surface area contributed by atoms with Crippen LogP contribution in [0.25, 0.3) is 0 Å². The molecule has 0 saturated carbocycles. The summed E-state index contributed by atoms with van der Waals surface area (Å²) in [4.78, 5) is 12.8. The Kier molecular flexibility index (Phi) is 4.06. The molecule has 18 heavy (non-hydrogen) atoms. The fourth-order valence-electron chi connectivity index (χ4n) is 1.40. The third-order valence-corrected chi connectivity index (χ3v) is 3.24. The molecule has 1 unspecified atom stereocenters. The largest absolute Gasteiger partial charge is 0.350 e. The Balaban J connectivity index is 1.83. The van der Waals surface area contributed by atoms with Crippen molar-refractivity contribution in [2.45, 2.75) is 26.1 Å². The third kappa shape index (κ3) is 3.38. The maximum Gasteiger partial charge on any atom is 0.242 e. The number of nitrogens with two attached hydrogens (primary N) is 1. The van der Waals surface area contributed by atoms with E-state index in [2.05, 4.69) is 15.6 Å². The van der Waals surface area contributed by atoms with E-state index in [4.69, 9.17) is 5.73 Å². The number of thiophene rings is 1. The number of aromatic nitrogens is 3. The van der Waals surface area contributed by atoms with Gasteiger partial charge in [-0.15, -0.1) is 16.4 Å². The first-order valence-corrected chi connectivity index (χ1v) is 6.48. The molecule has 7 heteroatoms. The molecule has 6 nitrogen and oxygen atoms in total. The maximum absolute atomic E-state index is 11.7. The molecule has 0 spiro atoms. The van der Waals surface area contributed by atoms with Gasteiger partial charge in [-0.1, -0.05) is 11.3 Å². The van der Waals surface area contributed by atoms with E-state index in [1.807, 2.05) is 24.4 Å². The molecule has 0 aromatic carbocycles. The summed E-state index contributed by atoms with van der Waals surface area (Å²) >= 11 is 1.61. The van der Waals surface area contributed by atoms with Crippen molar-refractivity contribution in [2.24, 2.45) is 5.73 Å². The fraction of sp³-hybridized carbons (Fsp3) is 0.364. The lowest BCUT2D eigenvalue weighted by Gasteiger charge is -2.03. The van der Waals surface area contributed by atoms with Gasteiger partial charge in [0.25, 0.3) is 0 Å². The van der Waals surface area contributed by atoms with Gasteiger partial charge in [0.15, 0.2) is 0 Å². The van der Waals surface area contributed by atoms with Gasteiger partial charge in [0, 0.05) is 10.9 Å². The minimum absolute atomic E-state index is 0.0930. The Morgan fingerprint density at radius 1 is 1.67 bits per heavy atom. The predicted molar refractivity (Wildman–Crippen MR) is 68.8 cm³/mol. The van der Waals surface area contributed by atoms with Crippen molar-refractivity contribution in [3.8, 4) is 0 Å². The van der Waals surface area contributed by atoms with Crippen LogP contribution in [0.3, 0.4) is 0 Å². The van der Waals surface area contributed by atoms with Crippen LogP contribution in [0.1, 0.15) is 23.5 Å². The summed E-state index contributed by atoms with van der Waals surface area (Å²) in [7, 11) is 0. The van der Waals surface area contributed by atoms with Gasteiger partial charge in [0.2, 0.25) is 5.91 Å². The summed E-state index contributed by atoms with van der Waals surface area (Å²) in [5, 5.41) is 12.5.